The van der Waals surface area contributed by atoms with E-state index in [1.54, 1.807) is 0 Å². The summed E-state index contributed by atoms with van der Waals surface area (Å²) in [5, 5.41) is 13.5. The van der Waals surface area contributed by atoms with Gasteiger partial charge in [-0.15, -0.1) is 0 Å². The largest absolute Gasteiger partial charge is 0.545 e. The number of nitrogens with one attached hydrogen (secondary N) is 1. The van der Waals surface area contributed by atoms with Gasteiger partial charge in [0.25, 0.3) is 0 Å². The third-order valence-electron chi connectivity index (χ3n) is 3.82. The summed E-state index contributed by atoms with van der Waals surface area (Å²) in [7, 11) is -2.25. The first-order chi connectivity index (χ1) is 11.3. The maximum atomic E-state index is 12.6. The number of benzene rings is 1. The van der Waals surface area contributed by atoms with Crippen molar-refractivity contribution < 1.29 is 27.9 Å². The van der Waals surface area contributed by atoms with Crippen LogP contribution in [0, 0.1) is 0 Å². The average molecular weight is 355 g/mol. The molecule has 1 aliphatic rings. The second-order valence-electron chi connectivity index (χ2n) is 5.49. The van der Waals surface area contributed by atoms with E-state index in [0.29, 0.717) is 12.8 Å². The van der Waals surface area contributed by atoms with E-state index in [-0.39, 0.29) is 42.1 Å². The van der Waals surface area contributed by atoms with Gasteiger partial charge in [0.1, 0.15) is 6.61 Å². The Bertz CT molecular complexity index is 693. The number of piperidine rings is 1. The Balaban J connectivity index is 1.99. The first-order valence-electron chi connectivity index (χ1n) is 7.44. The fourth-order valence-corrected chi connectivity index (χ4v) is 4.02. The monoisotopic (exact) mass is 355 g/mol. The van der Waals surface area contributed by atoms with E-state index >= 15 is 0 Å². The van der Waals surface area contributed by atoms with Crippen LogP contribution in [-0.2, 0) is 19.6 Å². The van der Waals surface area contributed by atoms with E-state index in [0.717, 1.165) is 0 Å². The van der Waals surface area contributed by atoms with Crippen molar-refractivity contribution in [1.82, 2.24) is 9.62 Å². The minimum absolute atomic E-state index is 0.0245. The number of rotatable bonds is 6. The summed E-state index contributed by atoms with van der Waals surface area (Å²) in [6.07, 6.45) is 1.01. The number of carbonyl (C=O) groups is 2. The SMILES string of the molecule is COCC(=O)NC1CCN(S(=O)(=O)c2ccc(C(=O)[O-])cc2)CC1. The van der Waals surface area contributed by atoms with Crippen molar-refractivity contribution in [1.29, 1.82) is 0 Å². The van der Waals surface area contributed by atoms with Gasteiger partial charge in [-0.2, -0.15) is 4.31 Å². The summed E-state index contributed by atoms with van der Waals surface area (Å²) in [4.78, 5) is 22.2. The molecule has 0 aliphatic carbocycles. The molecule has 0 radical (unpaired) electrons. The molecule has 0 aromatic heterocycles. The highest BCUT2D eigenvalue weighted by Gasteiger charge is 2.29. The van der Waals surface area contributed by atoms with Gasteiger partial charge >= 0.3 is 0 Å². The second-order valence-corrected chi connectivity index (χ2v) is 7.43. The second kappa shape index (κ2) is 7.73. The van der Waals surface area contributed by atoms with Crippen LogP contribution >= 0.6 is 0 Å². The van der Waals surface area contributed by atoms with Crippen molar-refractivity contribution in [2.45, 2.75) is 23.8 Å². The van der Waals surface area contributed by atoms with Crippen LogP contribution in [0.4, 0.5) is 0 Å². The maximum Gasteiger partial charge on any atom is 0.246 e. The lowest BCUT2D eigenvalue weighted by Crippen LogP contribution is -2.47. The van der Waals surface area contributed by atoms with E-state index in [9.17, 15) is 23.1 Å². The van der Waals surface area contributed by atoms with Crippen molar-refractivity contribution in [3.05, 3.63) is 29.8 Å². The molecule has 1 saturated heterocycles. The van der Waals surface area contributed by atoms with Crippen LogP contribution in [0.2, 0.25) is 0 Å². The van der Waals surface area contributed by atoms with Gasteiger partial charge in [0, 0.05) is 26.2 Å². The first kappa shape index (κ1) is 18.4. The van der Waals surface area contributed by atoms with Crippen LogP contribution in [0.25, 0.3) is 0 Å². The third kappa shape index (κ3) is 4.31. The number of aromatic carboxylic acids is 1. The Morgan fingerprint density at radius 1 is 1.25 bits per heavy atom. The molecule has 1 fully saturated rings. The lowest BCUT2D eigenvalue weighted by atomic mass is 10.1. The molecule has 9 heteroatoms. The van der Waals surface area contributed by atoms with Gasteiger partial charge in [-0.25, -0.2) is 8.42 Å². The number of carbonyl (C=O) groups excluding carboxylic acids is 2. The summed E-state index contributed by atoms with van der Waals surface area (Å²) in [5.41, 5.74) is -0.0755. The molecule has 2 rings (SSSR count). The lowest BCUT2D eigenvalue weighted by Gasteiger charge is -2.31. The topological polar surface area (TPSA) is 116 Å². The molecule has 8 nitrogen and oxygen atoms in total. The molecule has 1 N–H and O–H groups in total. The van der Waals surface area contributed by atoms with Gasteiger partial charge < -0.3 is 20.0 Å². The van der Waals surface area contributed by atoms with Crippen molar-refractivity contribution in [2.24, 2.45) is 0 Å². The van der Waals surface area contributed by atoms with Gasteiger partial charge in [0.05, 0.1) is 10.9 Å². The molecule has 1 heterocycles. The molecule has 0 bridgehead atoms. The number of hydrogen-bond donors (Lipinski definition) is 1. The molecular formula is C15H19N2O6S-. The van der Waals surface area contributed by atoms with Crippen molar-refractivity contribution >= 4 is 21.9 Å². The normalized spacial score (nSPS) is 16.7. The molecule has 1 aromatic carbocycles. The summed E-state index contributed by atoms with van der Waals surface area (Å²) in [5.74, 6) is -1.58. The molecule has 0 saturated carbocycles. The Morgan fingerprint density at radius 3 is 2.33 bits per heavy atom. The Morgan fingerprint density at radius 2 is 1.83 bits per heavy atom. The number of hydrogen-bond acceptors (Lipinski definition) is 6. The Labute approximate surface area is 140 Å². The van der Waals surface area contributed by atoms with Crippen molar-refractivity contribution in [2.75, 3.05) is 26.8 Å². The standard InChI is InChI=1S/C15H20N2O6S/c1-23-10-14(18)16-12-6-8-17(9-7-12)24(21,22)13-4-2-11(3-5-13)15(19)20/h2-5,12H,6-10H2,1H3,(H,16,18)(H,19,20)/p-1. The predicted molar refractivity (Wildman–Crippen MR) is 82.6 cm³/mol. The Hall–Kier alpha value is -1.97. The highest BCUT2D eigenvalue weighted by Crippen LogP contribution is 2.21. The Kier molecular flexibility index (Phi) is 5.92. The summed E-state index contributed by atoms with van der Waals surface area (Å²) in [6.45, 7) is 0.536. The zero-order valence-corrected chi connectivity index (χ0v) is 14.0. The molecule has 0 unspecified atom stereocenters. The quantitative estimate of drug-likeness (QED) is 0.697. The number of carboxylic acid groups (broad SMARTS) is 1. The summed E-state index contributed by atoms with van der Waals surface area (Å²) >= 11 is 0. The molecule has 1 aliphatic heterocycles. The lowest BCUT2D eigenvalue weighted by molar-refractivity contribution is -0.255. The fraction of sp³-hybridized carbons (Fsp3) is 0.467. The summed E-state index contributed by atoms with van der Waals surface area (Å²) in [6, 6.07) is 4.85. The van der Waals surface area contributed by atoms with Crippen molar-refractivity contribution in [3.63, 3.8) is 0 Å². The minimum Gasteiger partial charge on any atom is -0.545 e. The van der Waals surface area contributed by atoms with Gasteiger partial charge in [-0.05, 0) is 30.5 Å². The number of amides is 1. The molecule has 24 heavy (non-hydrogen) atoms. The predicted octanol–water partition coefficient (Wildman–Crippen LogP) is -1.03. The molecule has 0 atom stereocenters. The van der Waals surface area contributed by atoms with E-state index in [1.807, 2.05) is 0 Å². The maximum absolute atomic E-state index is 12.6. The highest BCUT2D eigenvalue weighted by molar-refractivity contribution is 7.89. The number of nitrogens with zero attached hydrogens (tertiary/aromatic N) is 1. The van der Waals surface area contributed by atoms with E-state index in [2.05, 4.69) is 5.32 Å². The number of carboxylic acids is 1. The molecular weight excluding hydrogens is 336 g/mol. The van der Waals surface area contributed by atoms with Gasteiger partial charge in [0.15, 0.2) is 0 Å². The molecule has 1 amide bonds. The smallest absolute Gasteiger partial charge is 0.246 e. The van der Waals surface area contributed by atoms with Crippen LogP contribution in [0.1, 0.15) is 23.2 Å². The first-order valence-corrected chi connectivity index (χ1v) is 8.88. The van der Waals surface area contributed by atoms with Gasteiger partial charge in [0.2, 0.25) is 15.9 Å². The number of methoxy groups -OCH3 is 1. The number of ether oxygens (including phenoxy) is 1. The summed E-state index contributed by atoms with van der Waals surface area (Å²) < 4.78 is 31.2. The third-order valence-corrected chi connectivity index (χ3v) is 5.74. The van der Waals surface area contributed by atoms with E-state index < -0.39 is 16.0 Å². The number of sulfonamides is 1. The van der Waals surface area contributed by atoms with Crippen LogP contribution in [0.5, 0.6) is 0 Å². The molecule has 0 spiro atoms. The zero-order valence-electron chi connectivity index (χ0n) is 13.2. The van der Waals surface area contributed by atoms with Gasteiger partial charge in [-0.1, -0.05) is 12.1 Å². The van der Waals surface area contributed by atoms with Crippen LogP contribution in [0.3, 0.4) is 0 Å². The highest BCUT2D eigenvalue weighted by atomic mass is 32.2. The molecule has 1 aromatic rings. The minimum atomic E-state index is -3.68. The fourth-order valence-electron chi connectivity index (χ4n) is 2.55. The van der Waals surface area contributed by atoms with Crippen LogP contribution in [0.15, 0.2) is 29.2 Å². The van der Waals surface area contributed by atoms with E-state index in [1.165, 1.54) is 35.7 Å². The van der Waals surface area contributed by atoms with Gasteiger partial charge in [-0.3, -0.25) is 4.79 Å². The van der Waals surface area contributed by atoms with Crippen LogP contribution < -0.4 is 10.4 Å². The average Bonchev–Trinajstić information content (AvgIpc) is 2.55. The van der Waals surface area contributed by atoms with Crippen molar-refractivity contribution in [3.8, 4) is 0 Å². The zero-order chi connectivity index (χ0) is 17.7. The van der Waals surface area contributed by atoms with Crippen LogP contribution in [-0.4, -0.2) is 57.4 Å². The van der Waals surface area contributed by atoms with E-state index in [4.69, 9.17) is 4.74 Å². The molecule has 132 valence electrons.